The summed E-state index contributed by atoms with van der Waals surface area (Å²) in [5.41, 5.74) is 2.94. The highest BCUT2D eigenvalue weighted by molar-refractivity contribution is 6.41. The molecule has 0 unspecified atom stereocenters. The summed E-state index contributed by atoms with van der Waals surface area (Å²) in [5, 5.41) is 0.236. The molecule has 1 nitrogen and oxygen atoms in total. The zero-order chi connectivity index (χ0) is 11.3. The zero-order valence-corrected chi connectivity index (χ0v) is 9.98. The molecule has 1 aromatic carbocycles. The Hall–Kier alpha value is -0.790. The Labute approximate surface area is 99.7 Å². The third-order valence-corrected chi connectivity index (χ3v) is 2.64. The average Bonchev–Trinajstić information content (AvgIpc) is 2.26. The number of halogens is 2. The van der Waals surface area contributed by atoms with Crippen molar-refractivity contribution in [2.24, 2.45) is 0 Å². The molecule has 15 heavy (non-hydrogen) atoms. The molecule has 0 aromatic heterocycles. The van der Waals surface area contributed by atoms with Crippen LogP contribution in [0.3, 0.4) is 0 Å². The van der Waals surface area contributed by atoms with Crippen molar-refractivity contribution in [3.63, 3.8) is 0 Å². The Morgan fingerprint density at radius 3 is 2.40 bits per heavy atom. The molecule has 0 saturated carbocycles. The summed E-state index contributed by atoms with van der Waals surface area (Å²) in [5.74, 6) is 0.452. The van der Waals surface area contributed by atoms with Crippen LogP contribution in [-0.2, 0) is 4.79 Å². The number of alkyl halides is 1. The minimum atomic E-state index is 0.236. The summed E-state index contributed by atoms with van der Waals surface area (Å²) in [4.78, 5) is 10.6. The maximum Gasteiger partial charge on any atom is 0.161 e. The van der Waals surface area contributed by atoms with E-state index in [9.17, 15) is 4.79 Å². The van der Waals surface area contributed by atoms with Gasteiger partial charge in [-0.3, -0.25) is 4.79 Å². The fourth-order valence-electron chi connectivity index (χ4n) is 1.32. The number of hydrogen-bond acceptors (Lipinski definition) is 1. The number of rotatable bonds is 4. The SMILES string of the molecule is Cc1ccc(/C(CCCl)=C(\Cl)C=O)cc1. The largest absolute Gasteiger partial charge is 0.297 e. The molecule has 0 radical (unpaired) electrons. The van der Waals surface area contributed by atoms with Gasteiger partial charge in [0.15, 0.2) is 6.29 Å². The minimum absolute atomic E-state index is 0.236. The van der Waals surface area contributed by atoms with Crippen molar-refractivity contribution >= 4 is 35.1 Å². The van der Waals surface area contributed by atoms with Crippen molar-refractivity contribution < 1.29 is 4.79 Å². The van der Waals surface area contributed by atoms with Gasteiger partial charge >= 0.3 is 0 Å². The second-order valence-corrected chi connectivity index (χ2v) is 4.03. The summed E-state index contributed by atoms with van der Waals surface area (Å²) >= 11 is 11.5. The van der Waals surface area contributed by atoms with Gasteiger partial charge in [0.05, 0.1) is 5.03 Å². The van der Waals surface area contributed by atoms with Gasteiger partial charge in [0.25, 0.3) is 0 Å². The smallest absolute Gasteiger partial charge is 0.161 e. The lowest BCUT2D eigenvalue weighted by Gasteiger charge is -2.06. The zero-order valence-electron chi connectivity index (χ0n) is 8.47. The predicted molar refractivity (Wildman–Crippen MR) is 65.4 cm³/mol. The summed E-state index contributed by atoms with van der Waals surface area (Å²) in [6, 6.07) is 7.86. The molecule has 0 bridgehead atoms. The van der Waals surface area contributed by atoms with E-state index < -0.39 is 0 Å². The van der Waals surface area contributed by atoms with E-state index in [1.807, 2.05) is 31.2 Å². The van der Waals surface area contributed by atoms with Gasteiger partial charge in [-0.2, -0.15) is 0 Å². The van der Waals surface area contributed by atoms with Gasteiger partial charge in [-0.1, -0.05) is 41.4 Å². The molecule has 0 aliphatic rings. The van der Waals surface area contributed by atoms with Crippen LogP contribution < -0.4 is 0 Å². The topological polar surface area (TPSA) is 17.1 Å². The Morgan fingerprint density at radius 2 is 1.93 bits per heavy atom. The Morgan fingerprint density at radius 1 is 1.33 bits per heavy atom. The van der Waals surface area contributed by atoms with E-state index in [2.05, 4.69) is 0 Å². The van der Waals surface area contributed by atoms with Gasteiger partial charge < -0.3 is 0 Å². The number of hydrogen-bond donors (Lipinski definition) is 0. The highest BCUT2D eigenvalue weighted by Crippen LogP contribution is 2.24. The lowest BCUT2D eigenvalue weighted by atomic mass is 10.0. The molecule has 1 rings (SSSR count). The van der Waals surface area contributed by atoms with Crippen LogP contribution in [0.2, 0.25) is 0 Å². The first-order valence-electron chi connectivity index (χ1n) is 4.66. The van der Waals surface area contributed by atoms with Gasteiger partial charge in [-0.05, 0) is 24.5 Å². The summed E-state index contributed by atoms with van der Waals surface area (Å²) in [7, 11) is 0. The molecule has 0 aliphatic heterocycles. The lowest BCUT2D eigenvalue weighted by molar-refractivity contribution is -0.104. The third-order valence-electron chi connectivity index (χ3n) is 2.14. The Bertz CT molecular complexity index is 366. The van der Waals surface area contributed by atoms with E-state index in [4.69, 9.17) is 23.2 Å². The first kappa shape index (κ1) is 12.3. The van der Waals surface area contributed by atoms with E-state index in [-0.39, 0.29) is 5.03 Å². The maximum absolute atomic E-state index is 10.6. The summed E-state index contributed by atoms with van der Waals surface area (Å²) in [6.07, 6.45) is 1.26. The molecule has 0 fully saturated rings. The van der Waals surface area contributed by atoms with Crippen LogP contribution in [0.1, 0.15) is 17.5 Å². The van der Waals surface area contributed by atoms with Crippen LogP contribution in [0.4, 0.5) is 0 Å². The van der Waals surface area contributed by atoms with Crippen LogP contribution in [0.5, 0.6) is 0 Å². The number of aryl methyl sites for hydroxylation is 1. The third kappa shape index (κ3) is 3.37. The van der Waals surface area contributed by atoms with Crippen molar-refractivity contribution in [3.8, 4) is 0 Å². The highest BCUT2D eigenvalue weighted by Gasteiger charge is 2.06. The first-order valence-corrected chi connectivity index (χ1v) is 5.57. The number of aldehydes is 1. The molecule has 0 heterocycles. The predicted octanol–water partition coefficient (Wildman–Crippen LogP) is 3.77. The molecule has 80 valence electrons. The van der Waals surface area contributed by atoms with E-state index in [0.29, 0.717) is 18.6 Å². The molecule has 0 saturated heterocycles. The fraction of sp³-hybridized carbons (Fsp3) is 0.250. The van der Waals surface area contributed by atoms with Crippen LogP contribution in [0.25, 0.3) is 5.57 Å². The van der Waals surface area contributed by atoms with Gasteiger partial charge in [-0.15, -0.1) is 11.6 Å². The van der Waals surface area contributed by atoms with Crippen molar-refractivity contribution in [3.05, 3.63) is 40.4 Å². The second kappa shape index (κ2) is 5.94. The van der Waals surface area contributed by atoms with Crippen molar-refractivity contribution in [2.45, 2.75) is 13.3 Å². The Kier molecular flexibility index (Phi) is 4.86. The quantitative estimate of drug-likeness (QED) is 0.447. The average molecular weight is 243 g/mol. The molecular formula is C12H12Cl2O. The van der Waals surface area contributed by atoms with Crippen molar-refractivity contribution in [2.75, 3.05) is 5.88 Å². The van der Waals surface area contributed by atoms with E-state index in [1.165, 1.54) is 5.56 Å². The number of carbonyl (C=O) groups excluding carboxylic acids is 1. The maximum atomic E-state index is 10.6. The number of benzene rings is 1. The van der Waals surface area contributed by atoms with E-state index in [1.54, 1.807) is 0 Å². The number of allylic oxidation sites excluding steroid dienone is 2. The molecule has 0 spiro atoms. The summed E-state index contributed by atoms with van der Waals surface area (Å²) in [6.45, 7) is 2.01. The molecule has 1 aromatic rings. The minimum Gasteiger partial charge on any atom is -0.297 e. The van der Waals surface area contributed by atoms with Crippen LogP contribution in [0, 0.1) is 6.92 Å². The van der Waals surface area contributed by atoms with E-state index >= 15 is 0 Å². The normalized spacial score (nSPS) is 12.2. The van der Waals surface area contributed by atoms with Gasteiger partial charge in [-0.25, -0.2) is 0 Å². The van der Waals surface area contributed by atoms with Gasteiger partial charge in [0.1, 0.15) is 0 Å². The molecule has 0 N–H and O–H groups in total. The number of carbonyl (C=O) groups is 1. The van der Waals surface area contributed by atoms with Gasteiger partial charge in [0, 0.05) is 5.88 Å². The van der Waals surface area contributed by atoms with Crippen molar-refractivity contribution in [1.29, 1.82) is 0 Å². The fourth-order valence-corrected chi connectivity index (χ4v) is 1.71. The summed E-state index contributed by atoms with van der Waals surface area (Å²) < 4.78 is 0. The van der Waals surface area contributed by atoms with Crippen LogP contribution >= 0.6 is 23.2 Å². The lowest BCUT2D eigenvalue weighted by Crippen LogP contribution is -1.91. The Balaban J connectivity index is 3.10. The molecule has 0 amide bonds. The highest BCUT2D eigenvalue weighted by atomic mass is 35.5. The van der Waals surface area contributed by atoms with Crippen LogP contribution in [-0.4, -0.2) is 12.2 Å². The van der Waals surface area contributed by atoms with Gasteiger partial charge in [0.2, 0.25) is 0 Å². The van der Waals surface area contributed by atoms with Crippen LogP contribution in [0.15, 0.2) is 29.3 Å². The standard InChI is InChI=1S/C12H12Cl2O/c1-9-2-4-10(5-3-9)11(6-7-13)12(14)8-15/h2-5,8H,6-7H2,1H3/b12-11-. The van der Waals surface area contributed by atoms with Crippen molar-refractivity contribution in [1.82, 2.24) is 0 Å². The van der Waals surface area contributed by atoms with E-state index in [0.717, 1.165) is 11.1 Å². The monoisotopic (exact) mass is 242 g/mol. The molecule has 0 aliphatic carbocycles. The second-order valence-electron chi connectivity index (χ2n) is 3.25. The molecule has 3 heteroatoms. The molecular weight excluding hydrogens is 231 g/mol. The first-order chi connectivity index (χ1) is 7.19. The molecule has 0 atom stereocenters.